The van der Waals surface area contributed by atoms with Crippen molar-refractivity contribution in [2.75, 3.05) is 51.8 Å². The van der Waals surface area contributed by atoms with E-state index in [-0.39, 0.29) is 18.4 Å². The quantitative estimate of drug-likeness (QED) is 0.777. The molecule has 0 spiro atoms. The molecule has 0 saturated carbocycles. The van der Waals surface area contributed by atoms with Crippen molar-refractivity contribution in [2.45, 2.75) is 0 Å². The summed E-state index contributed by atoms with van der Waals surface area (Å²) in [5.41, 5.74) is 0.657. The molecule has 0 aromatic heterocycles. The SMILES string of the molecule is C[NH+](CC(=O)Nc1cccc(Cl)c1)CC(=O)N1CCOCC1. The number of anilines is 1. The highest BCUT2D eigenvalue weighted by Gasteiger charge is 2.21. The Morgan fingerprint density at radius 1 is 1.32 bits per heavy atom. The lowest BCUT2D eigenvalue weighted by Crippen LogP contribution is -3.11. The average Bonchev–Trinajstić information content (AvgIpc) is 2.47. The Balaban J connectivity index is 1.77. The molecule has 1 heterocycles. The van der Waals surface area contributed by atoms with Crippen LogP contribution in [0.2, 0.25) is 5.02 Å². The number of rotatable bonds is 5. The molecule has 0 radical (unpaired) electrons. The van der Waals surface area contributed by atoms with Crippen LogP contribution >= 0.6 is 11.6 Å². The minimum absolute atomic E-state index is 0.0522. The second-order valence-corrected chi connectivity index (χ2v) is 5.80. The van der Waals surface area contributed by atoms with Crippen LogP contribution in [0, 0.1) is 0 Å². The van der Waals surface area contributed by atoms with Gasteiger partial charge in [-0.15, -0.1) is 0 Å². The fraction of sp³-hybridized carbons (Fsp3) is 0.467. The van der Waals surface area contributed by atoms with E-state index in [9.17, 15) is 9.59 Å². The number of amides is 2. The van der Waals surface area contributed by atoms with Gasteiger partial charge >= 0.3 is 0 Å². The summed E-state index contributed by atoms with van der Waals surface area (Å²) in [6, 6.07) is 6.98. The van der Waals surface area contributed by atoms with E-state index in [0.717, 1.165) is 4.90 Å². The summed E-state index contributed by atoms with van der Waals surface area (Å²) >= 11 is 5.87. The highest BCUT2D eigenvalue weighted by atomic mass is 35.5. The van der Waals surface area contributed by atoms with Crippen LogP contribution in [0.1, 0.15) is 0 Å². The number of carbonyl (C=O) groups excluding carboxylic acids is 2. The molecule has 1 aliphatic heterocycles. The van der Waals surface area contributed by atoms with E-state index in [1.54, 1.807) is 29.2 Å². The van der Waals surface area contributed by atoms with Crippen LogP contribution in [0.25, 0.3) is 0 Å². The number of carbonyl (C=O) groups is 2. The summed E-state index contributed by atoms with van der Waals surface area (Å²) in [7, 11) is 1.83. The van der Waals surface area contributed by atoms with Crippen molar-refractivity contribution in [3.05, 3.63) is 29.3 Å². The highest BCUT2D eigenvalue weighted by molar-refractivity contribution is 6.30. The standard InChI is InChI=1S/C15H20ClN3O3/c1-18(11-15(21)19-5-7-22-8-6-19)10-14(20)17-13-4-2-3-12(16)9-13/h2-4,9H,5-8,10-11H2,1H3,(H,17,20)/p+1. The number of likely N-dealkylation sites (N-methyl/N-ethyl adjacent to an activating group) is 1. The van der Waals surface area contributed by atoms with E-state index in [1.807, 2.05) is 7.05 Å². The van der Waals surface area contributed by atoms with Crippen molar-refractivity contribution in [3.63, 3.8) is 0 Å². The van der Waals surface area contributed by atoms with E-state index in [2.05, 4.69) is 5.32 Å². The average molecular weight is 327 g/mol. The van der Waals surface area contributed by atoms with Gasteiger partial charge in [-0.1, -0.05) is 17.7 Å². The third-order valence-electron chi connectivity index (χ3n) is 3.39. The summed E-state index contributed by atoms with van der Waals surface area (Å²) in [6.45, 7) is 2.94. The minimum atomic E-state index is -0.144. The van der Waals surface area contributed by atoms with Crippen LogP contribution in [0.4, 0.5) is 5.69 Å². The van der Waals surface area contributed by atoms with Crippen LogP contribution in [0.15, 0.2) is 24.3 Å². The van der Waals surface area contributed by atoms with Gasteiger partial charge in [-0.25, -0.2) is 0 Å². The van der Waals surface area contributed by atoms with Gasteiger partial charge in [-0.3, -0.25) is 9.59 Å². The fourth-order valence-corrected chi connectivity index (χ4v) is 2.48. The topological polar surface area (TPSA) is 63.1 Å². The summed E-state index contributed by atoms with van der Waals surface area (Å²) in [6.07, 6.45) is 0. The van der Waals surface area contributed by atoms with Crippen molar-refractivity contribution < 1.29 is 19.2 Å². The molecule has 1 fully saturated rings. The van der Waals surface area contributed by atoms with E-state index < -0.39 is 0 Å². The Morgan fingerprint density at radius 2 is 2.05 bits per heavy atom. The van der Waals surface area contributed by atoms with E-state index >= 15 is 0 Å². The molecule has 7 heteroatoms. The van der Waals surface area contributed by atoms with Crippen molar-refractivity contribution in [2.24, 2.45) is 0 Å². The van der Waals surface area contributed by atoms with Gasteiger partial charge < -0.3 is 19.9 Å². The first-order valence-corrected chi connectivity index (χ1v) is 7.64. The minimum Gasteiger partial charge on any atom is -0.378 e. The molecule has 120 valence electrons. The van der Waals surface area contributed by atoms with Crippen LogP contribution in [-0.4, -0.2) is 63.2 Å². The van der Waals surface area contributed by atoms with Crippen LogP contribution in [0.3, 0.4) is 0 Å². The maximum atomic E-state index is 12.1. The third kappa shape index (κ3) is 5.29. The molecule has 2 N–H and O–H groups in total. The summed E-state index contributed by atoms with van der Waals surface area (Å²) in [5, 5.41) is 3.35. The number of nitrogens with one attached hydrogen (secondary N) is 2. The Kier molecular flexibility index (Phi) is 6.18. The number of quaternary nitrogens is 1. The molecule has 0 bridgehead atoms. The zero-order chi connectivity index (χ0) is 15.9. The molecule has 1 aliphatic rings. The molecule has 1 aromatic rings. The molecule has 1 atom stereocenters. The van der Waals surface area contributed by atoms with E-state index in [4.69, 9.17) is 16.3 Å². The number of hydrogen-bond acceptors (Lipinski definition) is 3. The number of benzene rings is 1. The molecular formula is C15H21ClN3O3+. The second kappa shape index (κ2) is 8.12. The number of nitrogens with zero attached hydrogens (tertiary/aromatic N) is 1. The molecular weight excluding hydrogens is 306 g/mol. The van der Waals surface area contributed by atoms with Crippen molar-refractivity contribution in [1.82, 2.24) is 4.90 Å². The van der Waals surface area contributed by atoms with Crippen LogP contribution < -0.4 is 10.2 Å². The van der Waals surface area contributed by atoms with Gasteiger partial charge in [0, 0.05) is 23.8 Å². The van der Waals surface area contributed by atoms with Gasteiger partial charge in [0.2, 0.25) is 0 Å². The predicted octanol–water partition coefficient (Wildman–Crippen LogP) is -0.348. The lowest BCUT2D eigenvalue weighted by molar-refractivity contribution is -0.862. The van der Waals surface area contributed by atoms with Crippen LogP contribution in [-0.2, 0) is 14.3 Å². The Bertz CT molecular complexity index is 533. The van der Waals surface area contributed by atoms with Gasteiger partial charge in [0.25, 0.3) is 11.8 Å². The normalized spacial score (nSPS) is 16.2. The fourth-order valence-electron chi connectivity index (χ4n) is 2.29. The van der Waals surface area contributed by atoms with E-state index in [1.165, 1.54) is 0 Å². The lowest BCUT2D eigenvalue weighted by atomic mass is 10.3. The Morgan fingerprint density at radius 3 is 2.73 bits per heavy atom. The molecule has 2 rings (SSSR count). The third-order valence-corrected chi connectivity index (χ3v) is 3.62. The Labute approximate surface area is 135 Å². The monoisotopic (exact) mass is 326 g/mol. The zero-order valence-corrected chi connectivity index (χ0v) is 13.4. The summed E-state index contributed by atoms with van der Waals surface area (Å²) in [5.74, 6) is -0.0918. The van der Waals surface area contributed by atoms with Gasteiger partial charge in [0.1, 0.15) is 0 Å². The maximum Gasteiger partial charge on any atom is 0.279 e. The van der Waals surface area contributed by atoms with Gasteiger partial charge in [-0.05, 0) is 18.2 Å². The van der Waals surface area contributed by atoms with Crippen molar-refractivity contribution in [3.8, 4) is 0 Å². The summed E-state index contributed by atoms with van der Waals surface area (Å²) in [4.78, 5) is 26.7. The number of ether oxygens (including phenoxy) is 1. The lowest BCUT2D eigenvalue weighted by Gasteiger charge is -2.27. The Hall–Kier alpha value is -1.63. The van der Waals surface area contributed by atoms with Gasteiger partial charge in [0.15, 0.2) is 13.1 Å². The molecule has 6 nitrogen and oxygen atoms in total. The second-order valence-electron chi connectivity index (χ2n) is 5.36. The first kappa shape index (κ1) is 16.7. The maximum absolute atomic E-state index is 12.1. The zero-order valence-electron chi connectivity index (χ0n) is 12.6. The number of morpholine rings is 1. The smallest absolute Gasteiger partial charge is 0.279 e. The first-order valence-electron chi connectivity index (χ1n) is 7.27. The summed E-state index contributed by atoms with van der Waals surface area (Å²) < 4.78 is 5.22. The molecule has 1 aromatic carbocycles. The van der Waals surface area contributed by atoms with Crippen molar-refractivity contribution in [1.29, 1.82) is 0 Å². The van der Waals surface area contributed by atoms with E-state index in [0.29, 0.717) is 43.6 Å². The van der Waals surface area contributed by atoms with Crippen molar-refractivity contribution >= 4 is 29.1 Å². The molecule has 1 saturated heterocycles. The highest BCUT2D eigenvalue weighted by Crippen LogP contribution is 2.14. The van der Waals surface area contributed by atoms with Gasteiger partial charge in [-0.2, -0.15) is 0 Å². The molecule has 0 aliphatic carbocycles. The number of halogens is 1. The van der Waals surface area contributed by atoms with Gasteiger partial charge in [0.05, 0.1) is 20.3 Å². The molecule has 1 unspecified atom stereocenters. The first-order chi connectivity index (χ1) is 10.5. The molecule has 2 amide bonds. The molecule has 22 heavy (non-hydrogen) atoms. The largest absolute Gasteiger partial charge is 0.378 e. The number of hydrogen-bond donors (Lipinski definition) is 2. The predicted molar refractivity (Wildman–Crippen MR) is 84.1 cm³/mol. The van der Waals surface area contributed by atoms with Crippen LogP contribution in [0.5, 0.6) is 0 Å².